The number of nitrogens with zero attached hydrogens (tertiary/aromatic N) is 4. The summed E-state index contributed by atoms with van der Waals surface area (Å²) in [4.78, 5) is 14.1. The summed E-state index contributed by atoms with van der Waals surface area (Å²) in [5.74, 6) is 3.39. The number of anilines is 1. The van der Waals surface area contributed by atoms with Gasteiger partial charge in [0.05, 0.1) is 11.4 Å². The molecular weight excluding hydrogens is 298 g/mol. The molecule has 5 heteroatoms. The zero-order valence-corrected chi connectivity index (χ0v) is 15.7. The van der Waals surface area contributed by atoms with Crippen molar-refractivity contribution in [3.63, 3.8) is 0 Å². The molecule has 130 valence electrons. The average Bonchev–Trinajstić information content (AvgIpc) is 2.85. The van der Waals surface area contributed by atoms with E-state index in [9.17, 15) is 0 Å². The Bertz CT molecular complexity index is 724. The van der Waals surface area contributed by atoms with Crippen LogP contribution in [-0.4, -0.2) is 25.6 Å². The first kappa shape index (κ1) is 16.9. The van der Waals surface area contributed by atoms with Crippen LogP contribution in [0, 0.1) is 6.92 Å². The molecule has 1 aliphatic rings. The van der Waals surface area contributed by atoms with Crippen LogP contribution in [-0.2, 0) is 18.4 Å². The van der Waals surface area contributed by atoms with E-state index >= 15 is 0 Å². The van der Waals surface area contributed by atoms with Gasteiger partial charge in [-0.15, -0.1) is 0 Å². The molecule has 0 amide bonds. The van der Waals surface area contributed by atoms with Crippen LogP contribution in [0.4, 0.5) is 5.82 Å². The standard InChI is InChI=1S/C19H29N5/c1-12(2)18-22-15(19(4,5)6)9-16(23-18)21-14-7-8-17-20-13(3)10-24(17)11-14/h9-10,12,14H,7-8,11H2,1-6H3,(H,21,22,23). The van der Waals surface area contributed by atoms with Gasteiger partial charge in [-0.25, -0.2) is 15.0 Å². The number of fused-ring (bicyclic) bond motifs is 1. The number of rotatable bonds is 3. The van der Waals surface area contributed by atoms with Crippen molar-refractivity contribution in [2.45, 2.75) is 78.3 Å². The molecule has 1 N–H and O–H groups in total. The summed E-state index contributed by atoms with van der Waals surface area (Å²) in [6.07, 6.45) is 4.24. The highest BCUT2D eigenvalue weighted by molar-refractivity contribution is 5.39. The Labute approximate surface area is 144 Å². The van der Waals surface area contributed by atoms with Gasteiger partial charge in [0.1, 0.15) is 17.5 Å². The highest BCUT2D eigenvalue weighted by Crippen LogP contribution is 2.25. The van der Waals surface area contributed by atoms with Gasteiger partial charge >= 0.3 is 0 Å². The lowest BCUT2D eigenvalue weighted by Gasteiger charge is -2.26. The minimum atomic E-state index is 0.0181. The third kappa shape index (κ3) is 3.60. The second kappa shape index (κ2) is 6.19. The van der Waals surface area contributed by atoms with E-state index in [2.05, 4.69) is 68.7 Å². The van der Waals surface area contributed by atoms with Gasteiger partial charge in [0.25, 0.3) is 0 Å². The Morgan fingerprint density at radius 1 is 1.21 bits per heavy atom. The Kier molecular flexibility index (Phi) is 4.37. The van der Waals surface area contributed by atoms with Crippen LogP contribution in [0.5, 0.6) is 0 Å². The van der Waals surface area contributed by atoms with Crippen molar-refractivity contribution < 1.29 is 0 Å². The first-order valence-corrected chi connectivity index (χ1v) is 8.91. The minimum Gasteiger partial charge on any atom is -0.365 e. The average molecular weight is 327 g/mol. The molecule has 2 aromatic heterocycles. The van der Waals surface area contributed by atoms with Gasteiger partial charge in [-0.3, -0.25) is 0 Å². The van der Waals surface area contributed by atoms with E-state index in [-0.39, 0.29) is 5.41 Å². The summed E-state index contributed by atoms with van der Waals surface area (Å²) in [5, 5.41) is 3.64. The zero-order valence-electron chi connectivity index (χ0n) is 15.7. The quantitative estimate of drug-likeness (QED) is 0.931. The molecule has 0 saturated carbocycles. The van der Waals surface area contributed by atoms with E-state index in [0.717, 1.165) is 42.4 Å². The van der Waals surface area contributed by atoms with Crippen LogP contribution in [0.1, 0.15) is 70.0 Å². The highest BCUT2D eigenvalue weighted by Gasteiger charge is 2.22. The lowest BCUT2D eigenvalue weighted by Crippen LogP contribution is -2.32. The van der Waals surface area contributed by atoms with Crippen LogP contribution in [0.3, 0.4) is 0 Å². The van der Waals surface area contributed by atoms with Gasteiger partial charge in [-0.05, 0) is 13.3 Å². The second-order valence-corrected chi connectivity index (χ2v) is 8.23. The Hall–Kier alpha value is -1.91. The van der Waals surface area contributed by atoms with E-state index in [0.29, 0.717) is 12.0 Å². The molecule has 2 aromatic rings. The van der Waals surface area contributed by atoms with Gasteiger partial charge in [0.2, 0.25) is 0 Å². The normalized spacial score (nSPS) is 17.9. The van der Waals surface area contributed by atoms with E-state index < -0.39 is 0 Å². The molecule has 1 aliphatic heterocycles. The highest BCUT2D eigenvalue weighted by atomic mass is 15.1. The Morgan fingerprint density at radius 3 is 2.62 bits per heavy atom. The van der Waals surface area contributed by atoms with Crippen molar-refractivity contribution in [2.75, 3.05) is 5.32 Å². The number of nitrogens with one attached hydrogen (secondary N) is 1. The molecule has 0 aromatic carbocycles. The lowest BCUT2D eigenvalue weighted by atomic mass is 9.91. The predicted molar refractivity (Wildman–Crippen MR) is 97.5 cm³/mol. The molecular formula is C19H29N5. The summed E-state index contributed by atoms with van der Waals surface area (Å²) in [6, 6.07) is 2.49. The molecule has 5 nitrogen and oxygen atoms in total. The molecule has 3 heterocycles. The number of hydrogen-bond donors (Lipinski definition) is 1. The first-order chi connectivity index (χ1) is 11.2. The van der Waals surface area contributed by atoms with Crippen molar-refractivity contribution in [3.8, 4) is 0 Å². The maximum absolute atomic E-state index is 4.77. The molecule has 0 aliphatic carbocycles. The third-order valence-corrected chi connectivity index (χ3v) is 4.49. The van der Waals surface area contributed by atoms with E-state index in [4.69, 9.17) is 9.97 Å². The van der Waals surface area contributed by atoms with Gasteiger partial charge in [0, 0.05) is 42.6 Å². The van der Waals surface area contributed by atoms with Crippen LogP contribution in [0.2, 0.25) is 0 Å². The number of imidazole rings is 1. The smallest absolute Gasteiger partial charge is 0.133 e. The van der Waals surface area contributed by atoms with Gasteiger partial charge in [-0.1, -0.05) is 34.6 Å². The zero-order chi connectivity index (χ0) is 17.5. The van der Waals surface area contributed by atoms with Crippen molar-refractivity contribution in [1.82, 2.24) is 19.5 Å². The topological polar surface area (TPSA) is 55.6 Å². The van der Waals surface area contributed by atoms with Crippen LogP contribution in [0.25, 0.3) is 0 Å². The van der Waals surface area contributed by atoms with E-state index in [1.165, 1.54) is 5.82 Å². The predicted octanol–water partition coefficient (Wildman–Crippen LogP) is 3.83. The van der Waals surface area contributed by atoms with E-state index in [1.807, 2.05) is 0 Å². The fourth-order valence-electron chi connectivity index (χ4n) is 3.10. The fourth-order valence-corrected chi connectivity index (χ4v) is 3.10. The Balaban J connectivity index is 1.83. The molecule has 0 radical (unpaired) electrons. The summed E-state index contributed by atoms with van der Waals surface area (Å²) in [5.41, 5.74) is 2.22. The minimum absolute atomic E-state index is 0.0181. The molecule has 24 heavy (non-hydrogen) atoms. The Morgan fingerprint density at radius 2 is 1.96 bits per heavy atom. The van der Waals surface area contributed by atoms with Crippen molar-refractivity contribution in [1.29, 1.82) is 0 Å². The van der Waals surface area contributed by atoms with Crippen molar-refractivity contribution in [3.05, 3.63) is 35.3 Å². The van der Waals surface area contributed by atoms with Crippen LogP contribution >= 0.6 is 0 Å². The van der Waals surface area contributed by atoms with Crippen LogP contribution < -0.4 is 5.32 Å². The van der Waals surface area contributed by atoms with Crippen LogP contribution in [0.15, 0.2) is 12.3 Å². The lowest BCUT2D eigenvalue weighted by molar-refractivity contribution is 0.474. The molecule has 1 atom stereocenters. The summed E-state index contributed by atoms with van der Waals surface area (Å²) in [6.45, 7) is 13.9. The molecule has 0 spiro atoms. The third-order valence-electron chi connectivity index (χ3n) is 4.49. The molecule has 1 unspecified atom stereocenters. The van der Waals surface area contributed by atoms with Gasteiger partial charge < -0.3 is 9.88 Å². The number of aryl methyl sites for hydroxylation is 2. The number of hydrogen-bond acceptors (Lipinski definition) is 4. The molecule has 0 fully saturated rings. The molecule has 3 rings (SSSR count). The summed E-state index contributed by atoms with van der Waals surface area (Å²) >= 11 is 0. The monoisotopic (exact) mass is 327 g/mol. The van der Waals surface area contributed by atoms with Gasteiger partial charge in [-0.2, -0.15) is 0 Å². The summed E-state index contributed by atoms with van der Waals surface area (Å²) in [7, 11) is 0. The second-order valence-electron chi connectivity index (χ2n) is 8.23. The first-order valence-electron chi connectivity index (χ1n) is 8.91. The SMILES string of the molecule is Cc1cn2c(n1)CCC(Nc1cc(C(C)(C)C)nc(C(C)C)n1)C2. The van der Waals surface area contributed by atoms with Crippen molar-refractivity contribution in [2.24, 2.45) is 0 Å². The van der Waals surface area contributed by atoms with E-state index in [1.54, 1.807) is 0 Å². The summed E-state index contributed by atoms with van der Waals surface area (Å²) < 4.78 is 2.27. The number of aromatic nitrogens is 4. The fraction of sp³-hybridized carbons (Fsp3) is 0.632. The molecule has 0 bridgehead atoms. The molecule has 0 saturated heterocycles. The van der Waals surface area contributed by atoms with Gasteiger partial charge in [0.15, 0.2) is 0 Å². The van der Waals surface area contributed by atoms with Crippen molar-refractivity contribution >= 4 is 5.82 Å². The maximum Gasteiger partial charge on any atom is 0.133 e. The maximum atomic E-state index is 4.77. The largest absolute Gasteiger partial charge is 0.365 e.